The van der Waals surface area contributed by atoms with E-state index < -0.39 is 66.6 Å². The standard InChI is InChI=1S/C14H8F6O7S3/c15-8-1-6-12(11(16)7-8)28(21,22)9-2-4-10(5-3-9)29(23,24)13(17,18)14(19,20)30(25,26)27/h1-7H,(H,25,26,27). The third-order valence-electron chi connectivity index (χ3n) is 3.63. The average Bonchev–Trinajstić information content (AvgIpc) is 2.60. The van der Waals surface area contributed by atoms with Gasteiger partial charge in [0.2, 0.25) is 9.84 Å². The number of hydrogen-bond donors (Lipinski definition) is 1. The minimum Gasteiger partial charge on any atom is -0.281 e. The largest absolute Gasteiger partial charge is 0.447 e. The van der Waals surface area contributed by atoms with E-state index in [1.54, 1.807) is 0 Å². The van der Waals surface area contributed by atoms with Crippen LogP contribution in [0.3, 0.4) is 0 Å². The number of alkyl halides is 4. The second-order valence-corrected chi connectivity index (χ2v) is 10.9. The van der Waals surface area contributed by atoms with Crippen LogP contribution < -0.4 is 0 Å². The van der Waals surface area contributed by atoms with Crippen molar-refractivity contribution in [1.82, 2.24) is 0 Å². The van der Waals surface area contributed by atoms with Crippen molar-refractivity contribution >= 4 is 29.8 Å². The average molecular weight is 498 g/mol. The lowest BCUT2D eigenvalue weighted by atomic mass is 10.3. The zero-order valence-electron chi connectivity index (χ0n) is 13.9. The highest BCUT2D eigenvalue weighted by molar-refractivity contribution is 7.94. The Bertz CT molecular complexity index is 1300. The molecule has 0 fully saturated rings. The first-order valence-corrected chi connectivity index (χ1v) is 11.6. The van der Waals surface area contributed by atoms with Crippen LogP contribution in [0, 0.1) is 11.6 Å². The summed E-state index contributed by atoms with van der Waals surface area (Å²) in [6.07, 6.45) is 0. The minimum atomic E-state index is -6.86. The van der Waals surface area contributed by atoms with E-state index in [4.69, 9.17) is 4.55 Å². The van der Waals surface area contributed by atoms with Crippen LogP contribution in [0.25, 0.3) is 0 Å². The molecule has 2 aromatic rings. The lowest BCUT2D eigenvalue weighted by Crippen LogP contribution is -2.51. The zero-order chi connectivity index (χ0) is 23.3. The molecule has 0 spiro atoms. The highest BCUT2D eigenvalue weighted by atomic mass is 32.2. The first-order valence-electron chi connectivity index (χ1n) is 7.15. The SMILES string of the molecule is O=S(=O)(c1ccc(S(=O)(=O)C(F)(F)C(F)(F)S(=O)(=O)O)cc1)c1ccc(F)cc1F. The second-order valence-electron chi connectivity index (χ2n) is 5.56. The first kappa shape index (κ1) is 24.1. The van der Waals surface area contributed by atoms with Gasteiger partial charge in [0, 0.05) is 6.07 Å². The number of benzene rings is 2. The molecule has 16 heteroatoms. The fourth-order valence-corrected chi connectivity index (χ4v) is 5.43. The Morgan fingerprint density at radius 2 is 1.17 bits per heavy atom. The molecule has 166 valence electrons. The molecule has 1 N–H and O–H groups in total. The normalized spacial score (nSPS) is 14.0. The summed E-state index contributed by atoms with van der Waals surface area (Å²) in [4.78, 5) is -3.56. The lowest BCUT2D eigenvalue weighted by Gasteiger charge is -2.23. The lowest BCUT2D eigenvalue weighted by molar-refractivity contribution is -0.101. The highest BCUT2D eigenvalue weighted by Gasteiger charge is 2.73. The maximum absolute atomic E-state index is 13.8. The van der Waals surface area contributed by atoms with Gasteiger partial charge < -0.3 is 0 Å². The van der Waals surface area contributed by atoms with Gasteiger partial charge in [-0.1, -0.05) is 0 Å². The van der Waals surface area contributed by atoms with Gasteiger partial charge in [-0.25, -0.2) is 25.6 Å². The molecule has 2 rings (SSSR count). The number of rotatable bonds is 6. The van der Waals surface area contributed by atoms with E-state index in [1.165, 1.54) is 0 Å². The quantitative estimate of drug-likeness (QED) is 0.369. The van der Waals surface area contributed by atoms with Gasteiger partial charge in [-0.05, 0) is 36.4 Å². The Kier molecular flexibility index (Phi) is 5.79. The number of hydrogen-bond acceptors (Lipinski definition) is 6. The van der Waals surface area contributed by atoms with Gasteiger partial charge in [-0.15, -0.1) is 0 Å². The second kappa shape index (κ2) is 7.21. The molecule has 0 unspecified atom stereocenters. The Morgan fingerprint density at radius 3 is 1.60 bits per heavy atom. The molecule has 0 heterocycles. The maximum atomic E-state index is 13.8. The van der Waals surface area contributed by atoms with Crippen LogP contribution in [0.5, 0.6) is 0 Å². The molecule has 0 atom stereocenters. The van der Waals surface area contributed by atoms with Crippen molar-refractivity contribution in [2.24, 2.45) is 0 Å². The summed E-state index contributed by atoms with van der Waals surface area (Å²) in [6.45, 7) is 0. The van der Waals surface area contributed by atoms with Crippen LogP contribution >= 0.6 is 0 Å². The smallest absolute Gasteiger partial charge is 0.281 e. The summed E-state index contributed by atoms with van der Waals surface area (Å²) in [5, 5.41) is -12.8. The molecular weight excluding hydrogens is 490 g/mol. The molecular formula is C14H8F6O7S3. The molecule has 0 saturated heterocycles. The van der Waals surface area contributed by atoms with Crippen molar-refractivity contribution in [3.63, 3.8) is 0 Å². The molecule has 0 aliphatic rings. The third kappa shape index (κ3) is 3.67. The molecule has 0 amide bonds. The van der Waals surface area contributed by atoms with E-state index in [0.29, 0.717) is 24.3 Å². The summed E-state index contributed by atoms with van der Waals surface area (Å²) in [7, 11) is -18.1. The molecule has 0 bridgehead atoms. The van der Waals surface area contributed by atoms with Gasteiger partial charge in [0.25, 0.3) is 9.84 Å². The molecule has 30 heavy (non-hydrogen) atoms. The Balaban J connectivity index is 2.56. The Hall–Kier alpha value is -2.17. The summed E-state index contributed by atoms with van der Waals surface area (Å²) >= 11 is 0. The van der Waals surface area contributed by atoms with Crippen LogP contribution in [0.4, 0.5) is 26.3 Å². The van der Waals surface area contributed by atoms with Gasteiger partial charge in [0.1, 0.15) is 16.5 Å². The molecule has 0 aliphatic carbocycles. The van der Waals surface area contributed by atoms with E-state index in [0.717, 1.165) is 0 Å². The Morgan fingerprint density at radius 1 is 0.700 bits per heavy atom. The fraction of sp³-hybridized carbons (Fsp3) is 0.143. The van der Waals surface area contributed by atoms with Crippen LogP contribution in [0.2, 0.25) is 0 Å². The van der Waals surface area contributed by atoms with Crippen molar-refractivity contribution < 1.29 is 56.1 Å². The predicted molar refractivity (Wildman–Crippen MR) is 86.9 cm³/mol. The minimum absolute atomic E-state index is 0.123. The zero-order valence-corrected chi connectivity index (χ0v) is 16.4. The molecule has 2 aromatic carbocycles. The van der Waals surface area contributed by atoms with Crippen LogP contribution in [-0.4, -0.2) is 40.3 Å². The number of halogens is 6. The van der Waals surface area contributed by atoms with Crippen molar-refractivity contribution in [2.75, 3.05) is 0 Å². The van der Waals surface area contributed by atoms with E-state index in [9.17, 15) is 51.6 Å². The van der Waals surface area contributed by atoms with Gasteiger partial charge in [0.05, 0.1) is 9.79 Å². The van der Waals surface area contributed by atoms with Gasteiger partial charge in [-0.3, -0.25) is 4.55 Å². The molecule has 0 aromatic heterocycles. The van der Waals surface area contributed by atoms with Crippen molar-refractivity contribution in [3.8, 4) is 0 Å². The monoisotopic (exact) mass is 498 g/mol. The van der Waals surface area contributed by atoms with Crippen LogP contribution in [0.15, 0.2) is 57.2 Å². The predicted octanol–water partition coefficient (Wildman–Crippen LogP) is 2.64. The van der Waals surface area contributed by atoms with E-state index in [2.05, 4.69) is 0 Å². The van der Waals surface area contributed by atoms with Gasteiger partial charge in [0.15, 0.2) is 0 Å². The van der Waals surface area contributed by atoms with Gasteiger partial charge in [-0.2, -0.15) is 26.0 Å². The molecule has 0 radical (unpaired) electrons. The molecule has 0 saturated carbocycles. The van der Waals surface area contributed by atoms with Crippen LogP contribution in [-0.2, 0) is 29.8 Å². The highest BCUT2D eigenvalue weighted by Crippen LogP contribution is 2.45. The van der Waals surface area contributed by atoms with E-state index >= 15 is 0 Å². The Labute approximate surface area is 165 Å². The maximum Gasteiger partial charge on any atom is 0.447 e. The fourth-order valence-electron chi connectivity index (χ4n) is 2.07. The van der Waals surface area contributed by atoms with Crippen molar-refractivity contribution in [1.29, 1.82) is 0 Å². The van der Waals surface area contributed by atoms with Crippen molar-refractivity contribution in [2.45, 2.75) is 25.2 Å². The molecule has 0 aliphatic heterocycles. The summed E-state index contributed by atoms with van der Waals surface area (Å²) in [5.41, 5.74) is 0. The van der Waals surface area contributed by atoms with Crippen LogP contribution in [0.1, 0.15) is 0 Å². The van der Waals surface area contributed by atoms with E-state index in [1.807, 2.05) is 0 Å². The first-order chi connectivity index (χ1) is 13.4. The van der Waals surface area contributed by atoms with E-state index in [-0.39, 0.29) is 18.2 Å². The summed E-state index contributed by atoms with van der Waals surface area (Å²) in [6, 6.07) is 2.27. The topological polar surface area (TPSA) is 123 Å². The van der Waals surface area contributed by atoms with Crippen molar-refractivity contribution in [3.05, 3.63) is 54.1 Å². The number of sulfone groups is 2. The van der Waals surface area contributed by atoms with Gasteiger partial charge >= 0.3 is 20.6 Å². The summed E-state index contributed by atoms with van der Waals surface area (Å²) < 4.78 is 158. The third-order valence-corrected chi connectivity index (χ3v) is 8.29. The summed E-state index contributed by atoms with van der Waals surface area (Å²) in [5.74, 6) is -2.64. The molecule has 7 nitrogen and oxygen atoms in total.